The second-order valence-electron chi connectivity index (χ2n) is 5.66. The summed E-state index contributed by atoms with van der Waals surface area (Å²) in [4.78, 5) is 2.43. The van der Waals surface area contributed by atoms with E-state index in [1.165, 1.54) is 12.8 Å². The zero-order valence-electron chi connectivity index (χ0n) is 10.9. The number of hydrogen-bond donors (Lipinski definition) is 0. The molecule has 1 unspecified atom stereocenters. The molecule has 5 nitrogen and oxygen atoms in total. The van der Waals surface area contributed by atoms with E-state index in [1.807, 2.05) is 12.3 Å². The number of nitrogens with zero attached hydrogens (tertiary/aromatic N) is 4. The molecule has 0 spiro atoms. The Morgan fingerprint density at radius 2 is 2.26 bits per heavy atom. The van der Waals surface area contributed by atoms with Crippen LogP contribution in [-0.4, -0.2) is 32.9 Å². The Balaban J connectivity index is 1.38. The van der Waals surface area contributed by atoms with Crippen molar-refractivity contribution in [3.63, 3.8) is 0 Å². The van der Waals surface area contributed by atoms with E-state index in [-0.39, 0.29) is 0 Å². The Morgan fingerprint density at radius 3 is 3.05 bits per heavy atom. The molecule has 0 radical (unpaired) electrons. The third-order valence-corrected chi connectivity index (χ3v) is 4.09. The smallest absolute Gasteiger partial charge is 0.140 e. The molecule has 0 N–H and O–H groups in total. The van der Waals surface area contributed by atoms with Crippen LogP contribution in [0.2, 0.25) is 0 Å². The summed E-state index contributed by atoms with van der Waals surface area (Å²) in [6.07, 6.45) is 7.59. The van der Waals surface area contributed by atoms with E-state index in [9.17, 15) is 0 Å². The number of aromatic nitrogens is 3. The van der Waals surface area contributed by atoms with Gasteiger partial charge in [-0.05, 0) is 25.3 Å². The Morgan fingerprint density at radius 1 is 1.32 bits per heavy atom. The summed E-state index contributed by atoms with van der Waals surface area (Å²) >= 11 is 0. The van der Waals surface area contributed by atoms with Crippen LogP contribution in [-0.2, 0) is 6.54 Å². The van der Waals surface area contributed by atoms with Crippen molar-refractivity contribution < 1.29 is 4.52 Å². The molecule has 1 aliphatic carbocycles. The largest absolute Gasteiger partial charge is 0.361 e. The Kier molecular flexibility index (Phi) is 2.65. The summed E-state index contributed by atoms with van der Waals surface area (Å²) in [7, 11) is 0. The summed E-state index contributed by atoms with van der Waals surface area (Å²) in [5, 5.41) is 8.52. The topological polar surface area (TPSA) is 47.1 Å². The SMILES string of the molecule is c1cnn(C2CCN(Cc3cc(C4CC4)on3)C2)c1. The van der Waals surface area contributed by atoms with Crippen LogP contribution in [0.25, 0.3) is 0 Å². The fourth-order valence-electron chi connectivity index (χ4n) is 2.86. The van der Waals surface area contributed by atoms with E-state index >= 15 is 0 Å². The normalized spacial score (nSPS) is 24.1. The van der Waals surface area contributed by atoms with Gasteiger partial charge < -0.3 is 4.52 Å². The van der Waals surface area contributed by atoms with Crippen LogP contribution in [0, 0.1) is 0 Å². The van der Waals surface area contributed by atoms with Crippen LogP contribution in [0.1, 0.15) is 42.7 Å². The number of likely N-dealkylation sites (tertiary alicyclic amines) is 1. The van der Waals surface area contributed by atoms with Gasteiger partial charge in [-0.1, -0.05) is 5.16 Å². The number of hydrogen-bond acceptors (Lipinski definition) is 4. The van der Waals surface area contributed by atoms with Gasteiger partial charge in [0.2, 0.25) is 0 Å². The summed E-state index contributed by atoms with van der Waals surface area (Å²) in [6.45, 7) is 3.05. The van der Waals surface area contributed by atoms with Crippen LogP contribution in [0.4, 0.5) is 0 Å². The fourth-order valence-corrected chi connectivity index (χ4v) is 2.86. The van der Waals surface area contributed by atoms with Crippen LogP contribution >= 0.6 is 0 Å². The van der Waals surface area contributed by atoms with E-state index in [2.05, 4.69) is 32.1 Å². The van der Waals surface area contributed by atoms with Crippen molar-refractivity contribution in [3.05, 3.63) is 36.0 Å². The van der Waals surface area contributed by atoms with Crippen molar-refractivity contribution in [1.82, 2.24) is 19.8 Å². The van der Waals surface area contributed by atoms with Crippen molar-refractivity contribution in [3.8, 4) is 0 Å². The summed E-state index contributed by atoms with van der Waals surface area (Å²) in [5.41, 5.74) is 1.07. The molecule has 4 rings (SSSR count). The van der Waals surface area contributed by atoms with Crippen LogP contribution < -0.4 is 0 Å². The van der Waals surface area contributed by atoms with Gasteiger partial charge >= 0.3 is 0 Å². The third-order valence-electron chi connectivity index (χ3n) is 4.09. The lowest BCUT2D eigenvalue weighted by Gasteiger charge is -2.14. The van der Waals surface area contributed by atoms with E-state index in [0.717, 1.165) is 37.5 Å². The molecular weight excluding hydrogens is 240 g/mol. The first-order chi connectivity index (χ1) is 9.38. The lowest BCUT2D eigenvalue weighted by atomic mass is 10.3. The third kappa shape index (κ3) is 2.30. The molecule has 2 fully saturated rings. The first-order valence-corrected chi connectivity index (χ1v) is 7.05. The van der Waals surface area contributed by atoms with Crippen molar-refractivity contribution in [2.45, 2.75) is 37.8 Å². The highest BCUT2D eigenvalue weighted by Gasteiger charge is 2.29. The van der Waals surface area contributed by atoms with E-state index < -0.39 is 0 Å². The summed E-state index contributed by atoms with van der Waals surface area (Å²) in [6, 6.07) is 4.63. The molecule has 1 saturated carbocycles. The molecular formula is C14H18N4O. The molecule has 100 valence electrons. The lowest BCUT2D eigenvalue weighted by molar-refractivity contribution is 0.296. The predicted molar refractivity (Wildman–Crippen MR) is 69.6 cm³/mol. The molecule has 0 aromatic carbocycles. The first kappa shape index (κ1) is 11.2. The standard InChI is InChI=1S/C14H18N4O/c1-5-15-18(6-1)13-4-7-17(10-13)9-12-8-14(19-16-12)11-2-3-11/h1,5-6,8,11,13H,2-4,7,9-10H2. The minimum absolute atomic E-state index is 0.504. The first-order valence-electron chi connectivity index (χ1n) is 7.05. The molecule has 1 atom stereocenters. The van der Waals surface area contributed by atoms with E-state index in [0.29, 0.717) is 12.0 Å². The maximum absolute atomic E-state index is 5.40. The van der Waals surface area contributed by atoms with Crippen molar-refractivity contribution in [1.29, 1.82) is 0 Å². The highest BCUT2D eigenvalue weighted by molar-refractivity contribution is 5.14. The van der Waals surface area contributed by atoms with Gasteiger partial charge in [0.25, 0.3) is 0 Å². The quantitative estimate of drug-likeness (QED) is 0.843. The molecule has 0 bridgehead atoms. The average Bonchev–Trinajstić information content (AvgIpc) is 2.90. The average molecular weight is 258 g/mol. The van der Waals surface area contributed by atoms with Crippen LogP contribution in [0.5, 0.6) is 0 Å². The molecule has 5 heteroatoms. The van der Waals surface area contributed by atoms with Gasteiger partial charge in [0, 0.05) is 44.0 Å². The maximum Gasteiger partial charge on any atom is 0.140 e. The lowest BCUT2D eigenvalue weighted by Crippen LogP contribution is -2.21. The maximum atomic E-state index is 5.40. The summed E-state index contributed by atoms with van der Waals surface area (Å²) < 4.78 is 7.47. The van der Waals surface area contributed by atoms with Gasteiger partial charge in [0.1, 0.15) is 5.76 Å². The zero-order valence-corrected chi connectivity index (χ0v) is 10.9. The van der Waals surface area contributed by atoms with Crippen LogP contribution in [0.15, 0.2) is 29.0 Å². The fraction of sp³-hybridized carbons (Fsp3) is 0.571. The molecule has 1 aliphatic heterocycles. The van der Waals surface area contributed by atoms with Crippen molar-refractivity contribution in [2.75, 3.05) is 13.1 Å². The van der Waals surface area contributed by atoms with Crippen molar-refractivity contribution in [2.24, 2.45) is 0 Å². The Bertz CT molecular complexity index is 544. The summed E-state index contributed by atoms with van der Waals surface area (Å²) in [5.74, 6) is 1.73. The van der Waals surface area contributed by atoms with Gasteiger partial charge in [-0.25, -0.2) is 0 Å². The monoisotopic (exact) mass is 258 g/mol. The Labute approximate surface area is 112 Å². The molecule has 3 heterocycles. The van der Waals surface area contributed by atoms with Gasteiger partial charge in [-0.2, -0.15) is 5.10 Å². The van der Waals surface area contributed by atoms with Crippen LogP contribution in [0.3, 0.4) is 0 Å². The van der Waals surface area contributed by atoms with Gasteiger partial charge in [0.05, 0.1) is 11.7 Å². The van der Waals surface area contributed by atoms with E-state index in [4.69, 9.17) is 4.52 Å². The van der Waals surface area contributed by atoms with Gasteiger partial charge in [-0.15, -0.1) is 0 Å². The minimum Gasteiger partial charge on any atom is -0.361 e. The highest BCUT2D eigenvalue weighted by atomic mass is 16.5. The molecule has 2 aromatic rings. The van der Waals surface area contributed by atoms with E-state index in [1.54, 1.807) is 0 Å². The molecule has 19 heavy (non-hydrogen) atoms. The number of rotatable bonds is 4. The Hall–Kier alpha value is -1.62. The predicted octanol–water partition coefficient (Wildman–Crippen LogP) is 2.20. The van der Waals surface area contributed by atoms with Gasteiger partial charge in [0.15, 0.2) is 0 Å². The second-order valence-corrected chi connectivity index (χ2v) is 5.66. The zero-order chi connectivity index (χ0) is 12.7. The molecule has 1 saturated heterocycles. The van der Waals surface area contributed by atoms with Gasteiger partial charge in [-0.3, -0.25) is 9.58 Å². The highest BCUT2D eigenvalue weighted by Crippen LogP contribution is 2.40. The molecule has 2 aliphatic rings. The molecule has 0 amide bonds. The molecule has 2 aromatic heterocycles. The second kappa shape index (κ2) is 4.49. The minimum atomic E-state index is 0.504. The van der Waals surface area contributed by atoms with Crippen molar-refractivity contribution >= 4 is 0 Å².